The summed E-state index contributed by atoms with van der Waals surface area (Å²) in [6.07, 6.45) is 1.99. The molecule has 0 radical (unpaired) electrons. The van der Waals surface area contributed by atoms with Gasteiger partial charge in [-0.1, -0.05) is 19.1 Å². The van der Waals surface area contributed by atoms with Crippen molar-refractivity contribution < 1.29 is 26.4 Å². The van der Waals surface area contributed by atoms with E-state index in [-0.39, 0.29) is 53.1 Å². The van der Waals surface area contributed by atoms with E-state index in [0.29, 0.717) is 31.4 Å². The lowest BCUT2D eigenvalue weighted by Gasteiger charge is -2.35. The second-order valence-electron chi connectivity index (χ2n) is 8.35. The summed E-state index contributed by atoms with van der Waals surface area (Å²) in [5.41, 5.74) is 0.341. The Hall–Kier alpha value is -1.78. The van der Waals surface area contributed by atoms with Crippen LogP contribution in [0.5, 0.6) is 0 Å². The Morgan fingerprint density at radius 1 is 1.16 bits per heavy atom. The van der Waals surface area contributed by atoms with Crippen LogP contribution >= 0.6 is 0 Å². The predicted molar refractivity (Wildman–Crippen MR) is 117 cm³/mol. The highest BCUT2D eigenvalue weighted by atomic mass is 32.2. The lowest BCUT2D eigenvalue weighted by atomic mass is 9.95. The lowest BCUT2D eigenvalue weighted by molar-refractivity contribution is -0.138. The molecule has 0 spiro atoms. The van der Waals surface area contributed by atoms with Crippen molar-refractivity contribution in [1.29, 1.82) is 0 Å². The molecule has 8 nitrogen and oxygen atoms in total. The normalized spacial score (nSPS) is 22.3. The lowest BCUT2D eigenvalue weighted by Crippen LogP contribution is -2.48. The Morgan fingerprint density at radius 3 is 2.39 bits per heavy atom. The Kier molecular flexibility index (Phi) is 7.22. The topological polar surface area (TPSA) is 109 Å². The highest BCUT2D eigenvalue weighted by Crippen LogP contribution is 2.28. The Bertz CT molecular complexity index is 1040. The van der Waals surface area contributed by atoms with Crippen molar-refractivity contribution in [2.24, 2.45) is 5.92 Å². The van der Waals surface area contributed by atoms with Gasteiger partial charge in [0.1, 0.15) is 0 Å². The van der Waals surface area contributed by atoms with Crippen molar-refractivity contribution in [2.45, 2.75) is 50.5 Å². The van der Waals surface area contributed by atoms with Crippen molar-refractivity contribution >= 4 is 31.6 Å². The van der Waals surface area contributed by atoms with Crippen LogP contribution in [0.25, 0.3) is 0 Å². The minimum absolute atomic E-state index is 0.0124. The molecule has 0 aliphatic carbocycles. The molecule has 172 valence electrons. The molecule has 3 rings (SSSR count). The van der Waals surface area contributed by atoms with Gasteiger partial charge in [-0.25, -0.2) is 16.8 Å². The third-order valence-electron chi connectivity index (χ3n) is 6.08. The van der Waals surface area contributed by atoms with E-state index < -0.39 is 19.9 Å². The van der Waals surface area contributed by atoms with E-state index in [1.807, 2.05) is 6.92 Å². The minimum atomic E-state index is -3.75. The van der Waals surface area contributed by atoms with E-state index in [0.717, 1.165) is 6.42 Å². The average Bonchev–Trinajstić information content (AvgIpc) is 3.11. The maximum absolute atomic E-state index is 13.2. The average molecular weight is 471 g/mol. The number of sulfonamides is 1. The van der Waals surface area contributed by atoms with Crippen LogP contribution in [0.15, 0.2) is 29.2 Å². The molecule has 1 amide bonds. The van der Waals surface area contributed by atoms with E-state index >= 15 is 0 Å². The molecule has 2 aliphatic heterocycles. The van der Waals surface area contributed by atoms with Crippen molar-refractivity contribution in [3.63, 3.8) is 0 Å². The number of ketones is 1. The van der Waals surface area contributed by atoms with E-state index in [4.69, 9.17) is 0 Å². The molecule has 0 aromatic heterocycles. The SMILES string of the molecule is CCCN(C(=O)C1CCN(S(=O)(=O)c2cccc(C(C)=O)c2)CC1)C1CCS(=O)(=O)C1. The fraction of sp³-hybridized carbons (Fsp3) is 0.619. The van der Waals surface area contributed by atoms with E-state index in [9.17, 15) is 26.4 Å². The minimum Gasteiger partial charge on any atom is -0.338 e. The van der Waals surface area contributed by atoms with Gasteiger partial charge in [0, 0.05) is 37.2 Å². The maximum atomic E-state index is 13.2. The number of carbonyl (C=O) groups excluding carboxylic acids is 2. The molecular formula is C21H30N2O6S2. The molecule has 1 aromatic carbocycles. The highest BCUT2D eigenvalue weighted by molar-refractivity contribution is 7.91. The van der Waals surface area contributed by atoms with E-state index in [1.165, 1.54) is 23.4 Å². The van der Waals surface area contributed by atoms with Gasteiger partial charge in [-0.2, -0.15) is 4.31 Å². The zero-order valence-electron chi connectivity index (χ0n) is 18.0. The van der Waals surface area contributed by atoms with Crippen molar-refractivity contribution in [3.8, 4) is 0 Å². The second-order valence-corrected chi connectivity index (χ2v) is 12.5. The van der Waals surface area contributed by atoms with Crippen LogP contribution in [0, 0.1) is 5.92 Å². The molecule has 2 heterocycles. The molecule has 2 aliphatic rings. The number of amides is 1. The molecule has 1 atom stereocenters. The number of piperidine rings is 1. The molecule has 0 saturated carbocycles. The standard InChI is InChI=1S/C21H30N2O6S2/c1-3-10-23(19-9-13-30(26,27)15-19)21(25)17-7-11-22(12-8-17)31(28,29)20-6-4-5-18(14-20)16(2)24/h4-6,14,17,19H,3,7-13,15H2,1-2H3. The van der Waals surface area contributed by atoms with Crippen LogP contribution < -0.4 is 0 Å². The van der Waals surface area contributed by atoms with Gasteiger partial charge in [0.2, 0.25) is 15.9 Å². The predicted octanol–water partition coefficient (Wildman–Crippen LogP) is 1.72. The van der Waals surface area contributed by atoms with Crippen LogP contribution in [0.2, 0.25) is 0 Å². The summed E-state index contributed by atoms with van der Waals surface area (Å²) in [5, 5.41) is 0. The molecule has 2 fully saturated rings. The summed E-state index contributed by atoms with van der Waals surface area (Å²) in [6.45, 7) is 4.28. The molecule has 1 unspecified atom stereocenters. The number of carbonyl (C=O) groups is 2. The number of rotatable bonds is 7. The monoisotopic (exact) mass is 470 g/mol. The summed E-state index contributed by atoms with van der Waals surface area (Å²) in [6, 6.07) is 5.71. The summed E-state index contributed by atoms with van der Waals surface area (Å²) >= 11 is 0. The molecule has 0 N–H and O–H groups in total. The number of Topliss-reactive ketones (excluding diaryl/α,β-unsaturated/α-hetero) is 1. The number of benzene rings is 1. The zero-order valence-corrected chi connectivity index (χ0v) is 19.6. The molecule has 1 aromatic rings. The fourth-order valence-corrected chi connectivity index (χ4v) is 7.58. The summed E-state index contributed by atoms with van der Waals surface area (Å²) in [4.78, 5) is 26.5. The van der Waals surface area contributed by atoms with Gasteiger partial charge in [0.05, 0.1) is 16.4 Å². The van der Waals surface area contributed by atoms with Crippen LogP contribution in [0.3, 0.4) is 0 Å². The van der Waals surface area contributed by atoms with Crippen LogP contribution in [0.4, 0.5) is 0 Å². The Morgan fingerprint density at radius 2 is 1.84 bits per heavy atom. The third kappa shape index (κ3) is 5.35. The summed E-state index contributed by atoms with van der Waals surface area (Å²) < 4.78 is 51.1. The van der Waals surface area contributed by atoms with Crippen molar-refractivity contribution in [1.82, 2.24) is 9.21 Å². The first-order valence-electron chi connectivity index (χ1n) is 10.7. The first kappa shape index (κ1) is 23.9. The van der Waals surface area contributed by atoms with Crippen LogP contribution in [-0.4, -0.2) is 74.9 Å². The number of nitrogens with zero attached hydrogens (tertiary/aromatic N) is 2. The molecular weight excluding hydrogens is 440 g/mol. The van der Waals surface area contributed by atoms with Gasteiger partial charge in [0.15, 0.2) is 15.6 Å². The van der Waals surface area contributed by atoms with Crippen molar-refractivity contribution in [2.75, 3.05) is 31.1 Å². The van der Waals surface area contributed by atoms with E-state index in [2.05, 4.69) is 0 Å². The first-order valence-corrected chi connectivity index (χ1v) is 13.9. The smallest absolute Gasteiger partial charge is 0.243 e. The Balaban J connectivity index is 1.68. The first-order chi connectivity index (χ1) is 14.5. The quantitative estimate of drug-likeness (QED) is 0.561. The van der Waals surface area contributed by atoms with Gasteiger partial charge in [0.25, 0.3) is 0 Å². The molecule has 10 heteroatoms. The fourth-order valence-electron chi connectivity index (χ4n) is 4.34. The highest BCUT2D eigenvalue weighted by Gasteiger charge is 2.39. The Labute approximate surface area is 184 Å². The maximum Gasteiger partial charge on any atom is 0.243 e. The van der Waals surface area contributed by atoms with Crippen molar-refractivity contribution in [3.05, 3.63) is 29.8 Å². The third-order valence-corrected chi connectivity index (χ3v) is 9.72. The second kappa shape index (κ2) is 9.38. The zero-order chi connectivity index (χ0) is 22.8. The summed E-state index contributed by atoms with van der Waals surface area (Å²) in [7, 11) is -6.85. The number of sulfone groups is 1. The number of hydrogen-bond acceptors (Lipinski definition) is 6. The molecule has 31 heavy (non-hydrogen) atoms. The number of hydrogen-bond donors (Lipinski definition) is 0. The van der Waals surface area contributed by atoms with Gasteiger partial charge in [-0.15, -0.1) is 0 Å². The van der Waals surface area contributed by atoms with E-state index in [1.54, 1.807) is 17.0 Å². The van der Waals surface area contributed by atoms with Crippen LogP contribution in [0.1, 0.15) is 49.9 Å². The van der Waals surface area contributed by atoms with Gasteiger partial charge in [-0.05, 0) is 44.7 Å². The van der Waals surface area contributed by atoms with Crippen LogP contribution in [-0.2, 0) is 24.7 Å². The largest absolute Gasteiger partial charge is 0.338 e. The summed E-state index contributed by atoms with van der Waals surface area (Å²) in [5.74, 6) is -0.463. The molecule has 0 bridgehead atoms. The van der Waals surface area contributed by atoms with Gasteiger partial charge in [-0.3, -0.25) is 9.59 Å². The molecule has 2 saturated heterocycles. The van der Waals surface area contributed by atoms with Gasteiger partial charge >= 0.3 is 0 Å². The van der Waals surface area contributed by atoms with Gasteiger partial charge < -0.3 is 4.90 Å².